The van der Waals surface area contributed by atoms with Crippen LogP contribution in [0.3, 0.4) is 0 Å². The fraction of sp³-hybridized carbons (Fsp3) is 0.167. The molecule has 1 amide bonds. The average Bonchev–Trinajstić information content (AvgIpc) is 3.51. The number of halogens is 2. The lowest BCUT2D eigenvalue weighted by Crippen LogP contribution is -2.44. The molecule has 0 spiro atoms. The van der Waals surface area contributed by atoms with Crippen LogP contribution in [0.2, 0.25) is 5.02 Å². The quantitative estimate of drug-likeness (QED) is 0.368. The third-order valence-corrected chi connectivity index (χ3v) is 7.12. The largest absolute Gasteiger partial charge is 0.349 e. The van der Waals surface area contributed by atoms with Gasteiger partial charge in [-0.15, -0.1) is 21.5 Å². The lowest BCUT2D eigenvalue weighted by atomic mass is 9.79. The SMILES string of the molecule is O=C(NC1CC(c2nnc(-c3nccs3)n2-c2ccccc2Cl)C1)c1ccnc2cc(F)cnc12. The summed E-state index contributed by atoms with van der Waals surface area (Å²) in [6.07, 6.45) is 5.68. The van der Waals surface area contributed by atoms with Gasteiger partial charge in [-0.2, -0.15) is 0 Å². The van der Waals surface area contributed by atoms with Crippen molar-refractivity contribution in [2.45, 2.75) is 24.8 Å². The highest BCUT2D eigenvalue weighted by atomic mass is 35.5. The number of hydrogen-bond donors (Lipinski definition) is 1. The molecule has 1 N–H and O–H groups in total. The Hall–Kier alpha value is -3.76. The van der Waals surface area contributed by atoms with E-state index in [1.807, 2.05) is 34.2 Å². The van der Waals surface area contributed by atoms with Crippen LogP contribution < -0.4 is 5.32 Å². The highest BCUT2D eigenvalue weighted by Gasteiger charge is 2.36. The van der Waals surface area contributed by atoms with E-state index in [1.54, 1.807) is 12.3 Å². The van der Waals surface area contributed by atoms with Gasteiger partial charge in [-0.25, -0.2) is 9.37 Å². The topological polar surface area (TPSA) is 98.5 Å². The predicted octanol–water partition coefficient (Wildman–Crippen LogP) is 4.80. The number of hydrogen-bond acceptors (Lipinski definition) is 7. The van der Waals surface area contributed by atoms with Crippen LogP contribution in [0.5, 0.6) is 0 Å². The first-order chi connectivity index (χ1) is 17.1. The molecule has 1 aliphatic carbocycles. The number of thiazole rings is 1. The molecule has 4 heterocycles. The molecular formula is C24H17ClFN7OS. The molecule has 0 saturated heterocycles. The Balaban J connectivity index is 1.24. The molecule has 8 nitrogen and oxygen atoms in total. The Bertz CT molecular complexity index is 1550. The van der Waals surface area contributed by atoms with Crippen LogP contribution in [0, 0.1) is 5.82 Å². The molecule has 1 saturated carbocycles. The molecule has 1 fully saturated rings. The van der Waals surface area contributed by atoms with E-state index in [1.165, 1.54) is 23.6 Å². The second kappa shape index (κ2) is 8.79. The van der Waals surface area contributed by atoms with Crippen LogP contribution in [0.25, 0.3) is 27.6 Å². The van der Waals surface area contributed by atoms with Crippen molar-refractivity contribution in [2.24, 2.45) is 0 Å². The summed E-state index contributed by atoms with van der Waals surface area (Å²) in [4.78, 5) is 25.5. The minimum absolute atomic E-state index is 0.0455. The molecule has 0 unspecified atom stereocenters. The van der Waals surface area contributed by atoms with Crippen LogP contribution >= 0.6 is 22.9 Å². The molecule has 0 atom stereocenters. The van der Waals surface area contributed by atoms with Gasteiger partial charge in [-0.3, -0.25) is 19.3 Å². The smallest absolute Gasteiger partial charge is 0.253 e. The second-order valence-corrected chi connectivity index (χ2v) is 9.53. The van der Waals surface area contributed by atoms with Crippen molar-refractivity contribution in [3.63, 3.8) is 0 Å². The summed E-state index contributed by atoms with van der Waals surface area (Å²) in [7, 11) is 0. The maximum absolute atomic E-state index is 13.5. The number of amides is 1. The Labute approximate surface area is 207 Å². The van der Waals surface area contributed by atoms with Crippen molar-refractivity contribution >= 4 is 39.9 Å². The van der Waals surface area contributed by atoms with Gasteiger partial charge in [-0.05, 0) is 31.0 Å². The van der Waals surface area contributed by atoms with E-state index in [0.717, 1.165) is 22.7 Å². The number of carbonyl (C=O) groups is 1. The summed E-state index contributed by atoms with van der Waals surface area (Å²) < 4.78 is 15.4. The van der Waals surface area contributed by atoms with Gasteiger partial charge in [0, 0.05) is 35.8 Å². The van der Waals surface area contributed by atoms with Crippen molar-refractivity contribution in [1.29, 1.82) is 0 Å². The summed E-state index contributed by atoms with van der Waals surface area (Å²) in [5.41, 5.74) is 1.86. The average molecular weight is 506 g/mol. The molecule has 0 radical (unpaired) electrons. The highest BCUT2D eigenvalue weighted by Crippen LogP contribution is 2.40. The van der Waals surface area contributed by atoms with E-state index in [0.29, 0.717) is 40.3 Å². The normalized spacial score (nSPS) is 17.3. The zero-order valence-corrected chi connectivity index (χ0v) is 19.7. The number of pyridine rings is 2. The van der Waals surface area contributed by atoms with E-state index >= 15 is 0 Å². The highest BCUT2D eigenvalue weighted by molar-refractivity contribution is 7.13. The van der Waals surface area contributed by atoms with Gasteiger partial charge < -0.3 is 5.32 Å². The number of aromatic nitrogens is 6. The Morgan fingerprint density at radius 2 is 1.97 bits per heavy atom. The summed E-state index contributed by atoms with van der Waals surface area (Å²) in [5.74, 6) is 0.733. The lowest BCUT2D eigenvalue weighted by Gasteiger charge is -2.35. The van der Waals surface area contributed by atoms with Gasteiger partial charge in [0.2, 0.25) is 0 Å². The van der Waals surface area contributed by atoms with E-state index in [2.05, 4.69) is 30.5 Å². The Kier molecular flexibility index (Phi) is 5.46. The van der Waals surface area contributed by atoms with Crippen molar-refractivity contribution in [2.75, 3.05) is 0 Å². The molecule has 4 aromatic heterocycles. The van der Waals surface area contributed by atoms with Crippen molar-refractivity contribution in [1.82, 2.24) is 35.0 Å². The van der Waals surface area contributed by atoms with Crippen molar-refractivity contribution < 1.29 is 9.18 Å². The van der Waals surface area contributed by atoms with E-state index < -0.39 is 5.82 Å². The molecule has 6 rings (SSSR count). The summed E-state index contributed by atoms with van der Waals surface area (Å²) in [5, 5.41) is 15.2. The van der Waals surface area contributed by atoms with Gasteiger partial charge in [-0.1, -0.05) is 23.7 Å². The summed E-state index contributed by atoms with van der Waals surface area (Å²) in [6.45, 7) is 0. The zero-order valence-electron chi connectivity index (χ0n) is 18.1. The molecule has 1 aromatic carbocycles. The fourth-order valence-corrected chi connectivity index (χ4v) is 5.13. The van der Waals surface area contributed by atoms with Crippen LogP contribution in [0.1, 0.15) is 34.9 Å². The van der Waals surface area contributed by atoms with Gasteiger partial charge in [0.05, 0.1) is 28.0 Å². The Morgan fingerprint density at radius 3 is 2.77 bits per heavy atom. The van der Waals surface area contributed by atoms with Crippen molar-refractivity contribution in [3.05, 3.63) is 82.6 Å². The fourth-order valence-electron chi connectivity index (χ4n) is 4.30. The number of benzene rings is 1. The standard InChI is InChI=1S/C24H17ClFN7OS/c25-17-3-1-2-4-19(17)33-21(31-32-22(33)24-28-7-8-35-24)13-9-15(10-13)30-23(34)16-5-6-27-18-11-14(26)12-29-20(16)18/h1-8,11-13,15H,9-10H2,(H,30,34). The third-order valence-electron chi connectivity index (χ3n) is 6.03. The molecule has 5 aromatic rings. The van der Waals surface area contributed by atoms with Gasteiger partial charge in [0.15, 0.2) is 10.8 Å². The number of para-hydroxylation sites is 1. The first-order valence-corrected chi connectivity index (χ1v) is 12.2. The summed E-state index contributed by atoms with van der Waals surface area (Å²) >= 11 is 8.01. The number of nitrogens with zero attached hydrogens (tertiary/aromatic N) is 6. The van der Waals surface area contributed by atoms with Crippen LogP contribution in [-0.2, 0) is 0 Å². The molecule has 1 aliphatic rings. The first kappa shape index (κ1) is 21.8. The van der Waals surface area contributed by atoms with E-state index in [4.69, 9.17) is 11.6 Å². The maximum Gasteiger partial charge on any atom is 0.253 e. The number of fused-ring (bicyclic) bond motifs is 1. The predicted molar refractivity (Wildman–Crippen MR) is 130 cm³/mol. The first-order valence-electron chi connectivity index (χ1n) is 10.9. The number of nitrogens with one attached hydrogen (secondary N) is 1. The zero-order chi connectivity index (χ0) is 23.9. The number of rotatable bonds is 5. The number of carbonyl (C=O) groups excluding carboxylic acids is 1. The Morgan fingerprint density at radius 1 is 1.11 bits per heavy atom. The van der Waals surface area contributed by atoms with Crippen LogP contribution in [-0.4, -0.2) is 41.7 Å². The maximum atomic E-state index is 13.5. The minimum Gasteiger partial charge on any atom is -0.349 e. The minimum atomic E-state index is -0.496. The van der Waals surface area contributed by atoms with Crippen LogP contribution in [0.15, 0.2) is 60.4 Å². The molecular weight excluding hydrogens is 489 g/mol. The molecule has 35 heavy (non-hydrogen) atoms. The van der Waals surface area contributed by atoms with Crippen molar-refractivity contribution in [3.8, 4) is 16.5 Å². The van der Waals surface area contributed by atoms with Gasteiger partial charge in [0.1, 0.15) is 17.2 Å². The van der Waals surface area contributed by atoms with Crippen LogP contribution in [0.4, 0.5) is 4.39 Å². The molecule has 174 valence electrons. The van der Waals surface area contributed by atoms with E-state index in [9.17, 15) is 9.18 Å². The lowest BCUT2D eigenvalue weighted by molar-refractivity contribution is 0.0908. The third kappa shape index (κ3) is 3.94. The molecule has 0 aliphatic heterocycles. The monoisotopic (exact) mass is 505 g/mol. The molecule has 11 heteroatoms. The molecule has 0 bridgehead atoms. The summed E-state index contributed by atoms with van der Waals surface area (Å²) in [6, 6.07) is 10.4. The second-order valence-electron chi connectivity index (χ2n) is 8.22. The van der Waals surface area contributed by atoms with Gasteiger partial charge >= 0.3 is 0 Å². The van der Waals surface area contributed by atoms with E-state index in [-0.39, 0.29) is 17.9 Å². The van der Waals surface area contributed by atoms with Gasteiger partial charge in [0.25, 0.3) is 5.91 Å².